The molecule has 142 valence electrons. The average Bonchev–Trinajstić information content (AvgIpc) is 3.06. The van der Waals surface area contributed by atoms with Gasteiger partial charge in [0.1, 0.15) is 5.82 Å². The largest absolute Gasteiger partial charge is 0.416 e. The summed E-state index contributed by atoms with van der Waals surface area (Å²) >= 11 is 0. The van der Waals surface area contributed by atoms with Crippen molar-refractivity contribution >= 4 is 22.7 Å². The number of anilines is 2. The number of benzene rings is 2. The summed E-state index contributed by atoms with van der Waals surface area (Å²) in [5.41, 5.74) is 1.44. The van der Waals surface area contributed by atoms with E-state index in [1.54, 1.807) is 0 Å². The molecule has 4 rings (SSSR count). The highest BCUT2D eigenvalue weighted by Crippen LogP contribution is 2.30. The lowest BCUT2D eigenvalue weighted by Crippen LogP contribution is -2.07. The number of fused-ring (bicyclic) bond motifs is 1. The fourth-order valence-electron chi connectivity index (χ4n) is 2.90. The van der Waals surface area contributed by atoms with Gasteiger partial charge in [-0.2, -0.15) is 23.3 Å². The molecule has 6 nitrogen and oxygen atoms in total. The van der Waals surface area contributed by atoms with Crippen molar-refractivity contribution in [3.05, 3.63) is 66.1 Å². The third kappa shape index (κ3) is 3.38. The van der Waals surface area contributed by atoms with Gasteiger partial charge in [0.05, 0.1) is 22.8 Å². The van der Waals surface area contributed by atoms with Crippen molar-refractivity contribution in [3.63, 3.8) is 0 Å². The summed E-state index contributed by atoms with van der Waals surface area (Å²) in [7, 11) is 0. The summed E-state index contributed by atoms with van der Waals surface area (Å²) < 4.78 is 40.0. The molecule has 0 aliphatic carbocycles. The van der Waals surface area contributed by atoms with Crippen LogP contribution in [0.25, 0.3) is 16.9 Å². The Labute approximate surface area is 158 Å². The number of aryl methyl sites for hydroxylation is 1. The fraction of sp³-hybridized carbons (Fsp3) is 0.158. The van der Waals surface area contributed by atoms with E-state index in [1.165, 1.54) is 18.3 Å². The van der Waals surface area contributed by atoms with Crippen LogP contribution in [0.5, 0.6) is 0 Å². The van der Waals surface area contributed by atoms with Crippen molar-refractivity contribution in [1.29, 1.82) is 0 Å². The number of rotatable bonds is 4. The van der Waals surface area contributed by atoms with Crippen molar-refractivity contribution in [3.8, 4) is 5.82 Å². The molecule has 2 aromatic heterocycles. The Balaban J connectivity index is 1.68. The van der Waals surface area contributed by atoms with Crippen molar-refractivity contribution < 1.29 is 13.2 Å². The molecule has 0 amide bonds. The van der Waals surface area contributed by atoms with Crippen LogP contribution in [0.4, 0.5) is 24.8 Å². The van der Waals surface area contributed by atoms with Gasteiger partial charge in [-0.05, 0) is 36.4 Å². The highest BCUT2D eigenvalue weighted by atomic mass is 19.4. The van der Waals surface area contributed by atoms with E-state index in [4.69, 9.17) is 0 Å². The number of imidazole rings is 1. The molecule has 0 bridgehead atoms. The summed E-state index contributed by atoms with van der Waals surface area (Å²) in [6.45, 7) is 1.99. The zero-order chi connectivity index (χ0) is 19.7. The molecule has 0 atom stereocenters. The van der Waals surface area contributed by atoms with Crippen molar-refractivity contribution in [2.24, 2.45) is 0 Å². The second-order valence-electron chi connectivity index (χ2n) is 6.04. The fourth-order valence-corrected chi connectivity index (χ4v) is 2.90. The first-order valence-corrected chi connectivity index (χ1v) is 8.56. The molecular formula is C19H15F3N6. The molecule has 0 spiro atoms. The van der Waals surface area contributed by atoms with Crippen LogP contribution >= 0.6 is 0 Å². The first-order chi connectivity index (χ1) is 13.5. The van der Waals surface area contributed by atoms with Gasteiger partial charge >= 0.3 is 6.18 Å². The zero-order valence-corrected chi connectivity index (χ0v) is 14.8. The molecule has 0 aliphatic rings. The van der Waals surface area contributed by atoms with E-state index in [0.717, 1.165) is 29.0 Å². The maximum atomic E-state index is 12.7. The quantitative estimate of drug-likeness (QED) is 0.560. The van der Waals surface area contributed by atoms with Crippen LogP contribution in [-0.2, 0) is 12.6 Å². The van der Waals surface area contributed by atoms with E-state index >= 15 is 0 Å². The summed E-state index contributed by atoms with van der Waals surface area (Å²) in [6, 6.07) is 12.3. The number of nitrogens with one attached hydrogen (secondary N) is 1. The molecule has 9 heteroatoms. The van der Waals surface area contributed by atoms with Crippen molar-refractivity contribution in [1.82, 2.24) is 24.7 Å². The Bertz CT molecular complexity index is 1120. The molecule has 2 heterocycles. The Morgan fingerprint density at radius 3 is 2.46 bits per heavy atom. The van der Waals surface area contributed by atoms with Crippen LogP contribution in [0, 0.1) is 0 Å². The van der Waals surface area contributed by atoms with Gasteiger partial charge in [-0.15, -0.1) is 5.10 Å². The molecule has 0 aliphatic heterocycles. The number of aromatic nitrogens is 5. The zero-order valence-electron chi connectivity index (χ0n) is 14.8. The molecule has 0 unspecified atom stereocenters. The predicted molar refractivity (Wildman–Crippen MR) is 98.6 cm³/mol. The minimum absolute atomic E-state index is 0.178. The second-order valence-corrected chi connectivity index (χ2v) is 6.04. The maximum Gasteiger partial charge on any atom is 0.416 e. The number of alkyl halides is 3. The van der Waals surface area contributed by atoms with E-state index < -0.39 is 11.7 Å². The van der Waals surface area contributed by atoms with Gasteiger partial charge < -0.3 is 5.32 Å². The van der Waals surface area contributed by atoms with Gasteiger partial charge in [0.15, 0.2) is 5.82 Å². The first kappa shape index (κ1) is 17.9. The monoisotopic (exact) mass is 384 g/mol. The lowest BCUT2D eigenvalue weighted by Gasteiger charge is -2.10. The highest BCUT2D eigenvalue weighted by Gasteiger charge is 2.29. The second kappa shape index (κ2) is 6.91. The number of halogens is 3. The Hall–Kier alpha value is -3.49. The van der Waals surface area contributed by atoms with Gasteiger partial charge in [0, 0.05) is 12.1 Å². The first-order valence-electron chi connectivity index (χ1n) is 8.56. The molecule has 0 radical (unpaired) electrons. The van der Waals surface area contributed by atoms with Crippen LogP contribution < -0.4 is 5.32 Å². The predicted octanol–water partition coefficient (Wildman–Crippen LogP) is 4.54. The summed E-state index contributed by atoms with van der Waals surface area (Å²) in [5.74, 6) is 1.52. The van der Waals surface area contributed by atoms with Gasteiger partial charge in [-0.1, -0.05) is 19.1 Å². The average molecular weight is 384 g/mol. The number of hydrogen-bond donors (Lipinski definition) is 1. The van der Waals surface area contributed by atoms with E-state index in [-0.39, 0.29) is 5.95 Å². The summed E-state index contributed by atoms with van der Waals surface area (Å²) in [6.07, 6.45) is -2.17. The maximum absolute atomic E-state index is 12.7. The lowest BCUT2D eigenvalue weighted by molar-refractivity contribution is -0.137. The van der Waals surface area contributed by atoms with Crippen molar-refractivity contribution in [2.45, 2.75) is 19.5 Å². The van der Waals surface area contributed by atoms with E-state index in [9.17, 15) is 13.2 Å². The van der Waals surface area contributed by atoms with Gasteiger partial charge in [-0.25, -0.2) is 4.98 Å². The SMILES string of the molecule is CCc1nc2ccccc2n1-c1cnnc(Nc2ccc(C(F)(F)F)cc2)n1. The lowest BCUT2D eigenvalue weighted by atomic mass is 10.2. The van der Waals surface area contributed by atoms with E-state index in [0.29, 0.717) is 17.9 Å². The Morgan fingerprint density at radius 2 is 1.75 bits per heavy atom. The third-order valence-corrected chi connectivity index (χ3v) is 4.19. The van der Waals surface area contributed by atoms with Crippen molar-refractivity contribution in [2.75, 3.05) is 5.32 Å². The van der Waals surface area contributed by atoms with Crippen LogP contribution in [-0.4, -0.2) is 24.7 Å². The normalized spacial score (nSPS) is 11.7. The topological polar surface area (TPSA) is 68.5 Å². The summed E-state index contributed by atoms with van der Waals surface area (Å²) in [4.78, 5) is 9.06. The standard InChI is InChI=1S/C19H15F3N6/c1-2-16-25-14-5-3-4-6-15(14)28(16)17-11-23-27-18(26-17)24-13-9-7-12(8-10-13)19(20,21)22/h3-11H,2H2,1H3,(H,24,26,27). The highest BCUT2D eigenvalue weighted by molar-refractivity contribution is 5.77. The molecule has 1 N–H and O–H groups in total. The third-order valence-electron chi connectivity index (χ3n) is 4.19. The van der Waals surface area contributed by atoms with E-state index in [1.807, 2.05) is 35.8 Å². The molecule has 0 saturated carbocycles. The van der Waals surface area contributed by atoms with Gasteiger partial charge in [0.2, 0.25) is 5.95 Å². The minimum Gasteiger partial charge on any atom is -0.323 e. The molecule has 28 heavy (non-hydrogen) atoms. The molecule has 2 aromatic carbocycles. The number of hydrogen-bond acceptors (Lipinski definition) is 5. The van der Waals surface area contributed by atoms with Gasteiger partial charge in [0.25, 0.3) is 0 Å². The molecule has 4 aromatic rings. The summed E-state index contributed by atoms with van der Waals surface area (Å²) in [5, 5.41) is 10.8. The molecular weight excluding hydrogens is 369 g/mol. The van der Waals surface area contributed by atoms with Crippen LogP contribution in [0.2, 0.25) is 0 Å². The molecule has 0 fully saturated rings. The van der Waals surface area contributed by atoms with Crippen LogP contribution in [0.15, 0.2) is 54.7 Å². The number of nitrogens with zero attached hydrogens (tertiary/aromatic N) is 5. The van der Waals surface area contributed by atoms with Crippen LogP contribution in [0.1, 0.15) is 18.3 Å². The smallest absolute Gasteiger partial charge is 0.323 e. The molecule has 0 saturated heterocycles. The minimum atomic E-state index is -4.38. The van der Waals surface area contributed by atoms with Gasteiger partial charge in [-0.3, -0.25) is 4.57 Å². The number of para-hydroxylation sites is 2. The Morgan fingerprint density at radius 1 is 1.00 bits per heavy atom. The van der Waals surface area contributed by atoms with E-state index in [2.05, 4.69) is 25.5 Å². The Kier molecular flexibility index (Phi) is 4.42. The van der Waals surface area contributed by atoms with Crippen LogP contribution in [0.3, 0.4) is 0 Å².